The Balaban J connectivity index is 1.63. The Hall–Kier alpha value is -2.08. The summed E-state index contributed by atoms with van der Waals surface area (Å²) in [6.45, 7) is 0.840. The van der Waals surface area contributed by atoms with Gasteiger partial charge in [0.25, 0.3) is 5.91 Å². The first-order valence-electron chi connectivity index (χ1n) is 5.85. The second kappa shape index (κ2) is 6.75. The van der Waals surface area contributed by atoms with Crippen LogP contribution in [-0.4, -0.2) is 18.4 Å². The van der Waals surface area contributed by atoms with E-state index in [1.165, 1.54) is 12.5 Å². The molecule has 0 saturated carbocycles. The van der Waals surface area contributed by atoms with Crippen LogP contribution in [0.5, 0.6) is 0 Å². The van der Waals surface area contributed by atoms with Gasteiger partial charge in [0.2, 0.25) is 5.91 Å². The molecule has 0 fully saturated rings. The zero-order chi connectivity index (χ0) is 13.5. The molecule has 6 heteroatoms. The van der Waals surface area contributed by atoms with Gasteiger partial charge in [0.15, 0.2) is 0 Å². The fraction of sp³-hybridized carbons (Fsp3) is 0.231. The van der Waals surface area contributed by atoms with Crippen LogP contribution in [0.3, 0.4) is 0 Å². The number of carbonyl (C=O) groups excluding carboxylic acids is 2. The van der Waals surface area contributed by atoms with Gasteiger partial charge >= 0.3 is 0 Å². The summed E-state index contributed by atoms with van der Waals surface area (Å²) in [5, 5.41) is 7.41. The average molecular weight is 278 g/mol. The lowest BCUT2D eigenvalue weighted by Gasteiger charge is -2.05. The molecule has 0 aliphatic carbocycles. The van der Waals surface area contributed by atoms with E-state index >= 15 is 0 Å². The van der Waals surface area contributed by atoms with Gasteiger partial charge in [-0.05, 0) is 17.5 Å². The molecular weight excluding hydrogens is 264 g/mol. The molecule has 0 bridgehead atoms. The number of amides is 2. The van der Waals surface area contributed by atoms with Crippen LogP contribution in [0.15, 0.2) is 40.5 Å². The first kappa shape index (κ1) is 13.4. The number of thiophene rings is 1. The number of nitrogens with one attached hydrogen (secondary N) is 2. The largest absolute Gasteiger partial charge is 0.472 e. The lowest BCUT2D eigenvalue weighted by Crippen LogP contribution is -2.30. The minimum atomic E-state index is -0.236. The quantitative estimate of drug-likeness (QED) is 0.846. The molecule has 19 heavy (non-hydrogen) atoms. The van der Waals surface area contributed by atoms with Crippen molar-refractivity contribution in [1.29, 1.82) is 0 Å². The molecule has 0 aromatic carbocycles. The molecule has 5 nitrogen and oxygen atoms in total. The molecule has 0 unspecified atom stereocenters. The summed E-state index contributed by atoms with van der Waals surface area (Å²) < 4.78 is 4.80. The van der Waals surface area contributed by atoms with Crippen molar-refractivity contribution in [2.24, 2.45) is 0 Å². The van der Waals surface area contributed by atoms with Crippen LogP contribution in [0.4, 0.5) is 0 Å². The van der Waals surface area contributed by atoms with E-state index in [0.717, 1.165) is 4.88 Å². The highest BCUT2D eigenvalue weighted by Crippen LogP contribution is 2.07. The van der Waals surface area contributed by atoms with Crippen LogP contribution < -0.4 is 10.6 Å². The third-order valence-corrected chi connectivity index (χ3v) is 3.34. The summed E-state index contributed by atoms with van der Waals surface area (Å²) in [6, 6.07) is 5.48. The zero-order valence-corrected chi connectivity index (χ0v) is 11.0. The summed E-state index contributed by atoms with van der Waals surface area (Å²) in [7, 11) is 0. The van der Waals surface area contributed by atoms with Gasteiger partial charge in [0.1, 0.15) is 6.26 Å². The van der Waals surface area contributed by atoms with E-state index in [1.54, 1.807) is 17.4 Å². The van der Waals surface area contributed by atoms with E-state index in [-0.39, 0.29) is 18.2 Å². The van der Waals surface area contributed by atoms with E-state index in [4.69, 9.17) is 4.42 Å². The van der Waals surface area contributed by atoms with Crippen molar-refractivity contribution in [2.75, 3.05) is 6.54 Å². The Labute approximate surface area is 114 Å². The van der Waals surface area contributed by atoms with Crippen molar-refractivity contribution >= 4 is 23.2 Å². The summed E-state index contributed by atoms with van der Waals surface area (Å²) in [6.07, 6.45) is 3.06. The fourth-order valence-corrected chi connectivity index (χ4v) is 2.12. The highest BCUT2D eigenvalue weighted by atomic mass is 32.1. The second-order valence-corrected chi connectivity index (χ2v) is 4.91. The number of hydrogen-bond acceptors (Lipinski definition) is 4. The standard InChI is InChI=1S/C13H14N2O3S/c16-12(15-8-11-2-1-7-19-11)3-5-14-13(17)10-4-6-18-9-10/h1-2,4,6-7,9H,3,5,8H2,(H,14,17)(H,15,16). The molecule has 2 aromatic heterocycles. The van der Waals surface area contributed by atoms with Crippen LogP contribution >= 0.6 is 11.3 Å². The molecule has 0 atom stereocenters. The molecule has 2 heterocycles. The number of carbonyl (C=O) groups is 2. The lowest BCUT2D eigenvalue weighted by atomic mass is 10.3. The molecule has 0 aliphatic heterocycles. The maximum absolute atomic E-state index is 11.5. The summed E-state index contributed by atoms with van der Waals surface area (Å²) >= 11 is 1.60. The molecule has 0 aliphatic rings. The van der Waals surface area contributed by atoms with Crippen molar-refractivity contribution in [2.45, 2.75) is 13.0 Å². The van der Waals surface area contributed by atoms with Gasteiger partial charge in [-0.15, -0.1) is 11.3 Å². The summed E-state index contributed by atoms with van der Waals surface area (Å²) in [5.41, 5.74) is 0.457. The predicted molar refractivity (Wildman–Crippen MR) is 71.8 cm³/mol. The minimum absolute atomic E-state index is 0.0825. The fourth-order valence-electron chi connectivity index (χ4n) is 1.47. The molecule has 0 spiro atoms. The number of furan rings is 1. The van der Waals surface area contributed by atoms with Crippen LogP contribution in [0.1, 0.15) is 21.7 Å². The predicted octanol–water partition coefficient (Wildman–Crippen LogP) is 1.78. The van der Waals surface area contributed by atoms with Crippen molar-refractivity contribution < 1.29 is 14.0 Å². The Morgan fingerprint density at radius 1 is 1.26 bits per heavy atom. The Kier molecular flexibility index (Phi) is 4.74. The van der Waals surface area contributed by atoms with Crippen LogP contribution in [0.2, 0.25) is 0 Å². The molecule has 2 N–H and O–H groups in total. The maximum Gasteiger partial charge on any atom is 0.254 e. The maximum atomic E-state index is 11.5. The highest BCUT2D eigenvalue weighted by Gasteiger charge is 2.07. The topological polar surface area (TPSA) is 71.3 Å². The van der Waals surface area contributed by atoms with E-state index in [2.05, 4.69) is 10.6 Å². The minimum Gasteiger partial charge on any atom is -0.472 e. The van der Waals surface area contributed by atoms with Gasteiger partial charge in [-0.1, -0.05) is 6.07 Å². The normalized spacial score (nSPS) is 10.1. The van der Waals surface area contributed by atoms with E-state index in [0.29, 0.717) is 18.7 Å². The third-order valence-electron chi connectivity index (χ3n) is 2.46. The van der Waals surface area contributed by atoms with Gasteiger partial charge in [-0.25, -0.2) is 0 Å². The summed E-state index contributed by atoms with van der Waals surface area (Å²) in [4.78, 5) is 24.2. The van der Waals surface area contributed by atoms with Crippen molar-refractivity contribution in [1.82, 2.24) is 10.6 Å². The Bertz CT molecular complexity index is 520. The lowest BCUT2D eigenvalue weighted by molar-refractivity contribution is -0.121. The van der Waals surface area contributed by atoms with Crippen LogP contribution in [-0.2, 0) is 11.3 Å². The first-order chi connectivity index (χ1) is 9.25. The van der Waals surface area contributed by atoms with Gasteiger partial charge in [0.05, 0.1) is 18.4 Å². The van der Waals surface area contributed by atoms with Gasteiger partial charge in [-0.3, -0.25) is 9.59 Å². The van der Waals surface area contributed by atoms with E-state index < -0.39 is 0 Å². The molecule has 0 saturated heterocycles. The van der Waals surface area contributed by atoms with E-state index in [9.17, 15) is 9.59 Å². The van der Waals surface area contributed by atoms with Crippen molar-refractivity contribution in [3.05, 3.63) is 46.5 Å². The molecule has 2 aromatic rings. The van der Waals surface area contributed by atoms with Crippen LogP contribution in [0, 0.1) is 0 Å². The second-order valence-electron chi connectivity index (χ2n) is 3.87. The van der Waals surface area contributed by atoms with Gasteiger partial charge < -0.3 is 15.1 Å². The first-order valence-corrected chi connectivity index (χ1v) is 6.73. The smallest absolute Gasteiger partial charge is 0.254 e. The Morgan fingerprint density at radius 2 is 2.16 bits per heavy atom. The molecule has 2 amide bonds. The Morgan fingerprint density at radius 3 is 2.84 bits per heavy atom. The highest BCUT2D eigenvalue weighted by molar-refractivity contribution is 7.09. The van der Waals surface area contributed by atoms with Gasteiger partial charge in [-0.2, -0.15) is 0 Å². The SMILES string of the molecule is O=C(CCNC(=O)c1ccoc1)NCc1cccs1. The average Bonchev–Trinajstić information content (AvgIpc) is 3.09. The molecule has 100 valence electrons. The third kappa shape index (κ3) is 4.26. The number of hydrogen-bond donors (Lipinski definition) is 2. The molecule has 0 radical (unpaired) electrons. The molecule has 2 rings (SSSR count). The summed E-state index contributed by atoms with van der Waals surface area (Å²) in [5.74, 6) is -0.319. The number of rotatable bonds is 6. The van der Waals surface area contributed by atoms with Crippen molar-refractivity contribution in [3.8, 4) is 0 Å². The molecular formula is C13H14N2O3S. The van der Waals surface area contributed by atoms with Gasteiger partial charge in [0, 0.05) is 17.8 Å². The van der Waals surface area contributed by atoms with Crippen LogP contribution in [0.25, 0.3) is 0 Å². The van der Waals surface area contributed by atoms with Crippen molar-refractivity contribution in [3.63, 3.8) is 0 Å². The zero-order valence-electron chi connectivity index (χ0n) is 10.2. The monoisotopic (exact) mass is 278 g/mol. The van der Waals surface area contributed by atoms with E-state index in [1.807, 2.05) is 17.5 Å².